The van der Waals surface area contributed by atoms with Crippen LogP contribution in [0, 0.1) is 11.8 Å². The molecule has 3 aliphatic rings. The normalized spacial score (nSPS) is 19.7. The minimum Gasteiger partial charge on any atom is -0.453 e. The van der Waals surface area contributed by atoms with E-state index in [0.717, 1.165) is 70.8 Å². The second kappa shape index (κ2) is 17.7. The van der Waals surface area contributed by atoms with Gasteiger partial charge in [-0.25, -0.2) is 14.6 Å². The highest BCUT2D eigenvalue weighted by Gasteiger charge is 2.40. The van der Waals surface area contributed by atoms with Crippen LogP contribution in [-0.4, -0.2) is 101 Å². The van der Waals surface area contributed by atoms with Crippen molar-refractivity contribution in [2.24, 2.45) is 11.8 Å². The molecule has 3 saturated heterocycles. The molecule has 57 heavy (non-hydrogen) atoms. The fourth-order valence-electron chi connectivity index (χ4n) is 8.45. The topological polar surface area (TPSA) is 171 Å². The first-order valence-corrected chi connectivity index (χ1v) is 20.0. The number of likely N-dealkylation sites (tertiary alicyclic amines) is 2. The Balaban J connectivity index is 0.999. The summed E-state index contributed by atoms with van der Waals surface area (Å²) in [5.41, 5.74) is 6.98. The van der Waals surface area contributed by atoms with E-state index in [9.17, 15) is 19.2 Å². The molecule has 3 aliphatic heterocycles. The minimum atomic E-state index is -0.686. The first kappa shape index (κ1) is 39.6. The SMILES string of the molecule is COC(=O)NC(C(=O)N1CCCC1c1ccc(-c2ccc(-c3ccc(-c4cnc([C@@H]5CCCN5C(=O)[C@@H](NC(=O)OC)C(C)C)[nH]4)cc3)cc2)[nH]1)C1CCOCC1. The van der Waals surface area contributed by atoms with E-state index < -0.39 is 24.3 Å². The zero-order chi connectivity index (χ0) is 40.1. The number of nitrogens with zero attached hydrogens (tertiary/aromatic N) is 3. The van der Waals surface area contributed by atoms with E-state index in [0.29, 0.717) is 39.1 Å². The van der Waals surface area contributed by atoms with Gasteiger partial charge in [-0.3, -0.25) is 9.59 Å². The molecular formula is C43H53N7O7. The number of alkyl carbamates (subject to hydrolysis) is 2. The summed E-state index contributed by atoms with van der Waals surface area (Å²) in [4.78, 5) is 67.1. The van der Waals surface area contributed by atoms with Crippen molar-refractivity contribution in [3.8, 4) is 33.6 Å². The Bertz CT molecular complexity index is 2020. The first-order chi connectivity index (χ1) is 27.6. The molecule has 0 radical (unpaired) electrons. The number of hydrogen-bond acceptors (Lipinski definition) is 8. The lowest BCUT2D eigenvalue weighted by atomic mass is 9.90. The van der Waals surface area contributed by atoms with Crippen LogP contribution in [0.2, 0.25) is 0 Å². The number of imidazole rings is 1. The van der Waals surface area contributed by atoms with E-state index in [-0.39, 0.29) is 35.7 Å². The number of rotatable bonds is 11. The van der Waals surface area contributed by atoms with Gasteiger partial charge in [0.1, 0.15) is 17.9 Å². The molecule has 0 bridgehead atoms. The van der Waals surface area contributed by atoms with Crippen molar-refractivity contribution in [2.75, 3.05) is 40.5 Å². The first-order valence-electron chi connectivity index (χ1n) is 20.0. The predicted octanol–water partition coefficient (Wildman–Crippen LogP) is 6.60. The minimum absolute atomic E-state index is 0.00618. The number of aromatic amines is 2. The Labute approximate surface area is 333 Å². The van der Waals surface area contributed by atoms with E-state index in [4.69, 9.17) is 14.2 Å². The molecule has 2 aromatic carbocycles. The Morgan fingerprint density at radius 1 is 0.702 bits per heavy atom. The van der Waals surface area contributed by atoms with Gasteiger partial charge in [0.05, 0.1) is 38.2 Å². The maximum atomic E-state index is 14.0. The summed E-state index contributed by atoms with van der Waals surface area (Å²) in [5.74, 6) is 0.404. The van der Waals surface area contributed by atoms with Crippen LogP contribution in [-0.2, 0) is 23.8 Å². The zero-order valence-electron chi connectivity index (χ0n) is 33.1. The van der Waals surface area contributed by atoms with E-state index >= 15 is 0 Å². The number of methoxy groups -OCH3 is 2. The molecule has 0 spiro atoms. The third-order valence-electron chi connectivity index (χ3n) is 11.6. The van der Waals surface area contributed by atoms with Crippen molar-refractivity contribution in [3.63, 3.8) is 0 Å². The third-order valence-corrected chi connectivity index (χ3v) is 11.6. The number of ether oxygens (including phenoxy) is 3. The van der Waals surface area contributed by atoms with E-state index in [1.54, 1.807) is 0 Å². The average Bonchev–Trinajstić information content (AvgIpc) is 4.09. The van der Waals surface area contributed by atoms with Crippen molar-refractivity contribution in [1.82, 2.24) is 35.4 Å². The fourth-order valence-corrected chi connectivity index (χ4v) is 8.45. The van der Waals surface area contributed by atoms with Gasteiger partial charge in [0.15, 0.2) is 0 Å². The maximum absolute atomic E-state index is 14.0. The summed E-state index contributed by atoms with van der Waals surface area (Å²) >= 11 is 0. The molecule has 2 unspecified atom stereocenters. The van der Waals surface area contributed by atoms with Crippen LogP contribution < -0.4 is 10.6 Å². The summed E-state index contributed by atoms with van der Waals surface area (Å²) in [6, 6.07) is 19.2. The molecule has 0 saturated carbocycles. The Morgan fingerprint density at radius 2 is 1.26 bits per heavy atom. The van der Waals surface area contributed by atoms with E-state index in [1.807, 2.05) is 29.8 Å². The summed E-state index contributed by atoms with van der Waals surface area (Å²) in [6.45, 7) is 6.18. The lowest BCUT2D eigenvalue weighted by Gasteiger charge is -2.34. The van der Waals surface area contributed by atoms with E-state index in [2.05, 4.69) is 86.2 Å². The largest absolute Gasteiger partial charge is 0.453 e. The molecule has 4 amide bonds. The molecule has 7 rings (SSSR count). The molecule has 14 nitrogen and oxygen atoms in total. The van der Waals surface area contributed by atoms with Gasteiger partial charge in [0.25, 0.3) is 0 Å². The molecule has 2 aromatic heterocycles. The molecule has 4 aromatic rings. The van der Waals surface area contributed by atoms with Gasteiger partial charge in [-0.1, -0.05) is 62.4 Å². The molecule has 3 fully saturated rings. The van der Waals surface area contributed by atoms with Crippen molar-refractivity contribution >= 4 is 24.0 Å². The van der Waals surface area contributed by atoms with Crippen LogP contribution in [0.4, 0.5) is 9.59 Å². The summed E-state index contributed by atoms with van der Waals surface area (Å²) in [6.07, 6.45) is 5.36. The number of nitrogens with one attached hydrogen (secondary N) is 4. The van der Waals surface area contributed by atoms with Crippen molar-refractivity contribution in [2.45, 2.75) is 76.5 Å². The number of carbonyl (C=O) groups is 4. The lowest BCUT2D eigenvalue weighted by Crippen LogP contribution is -2.53. The van der Waals surface area contributed by atoms with Crippen LogP contribution in [0.15, 0.2) is 66.9 Å². The average molecular weight is 780 g/mol. The molecule has 0 aliphatic carbocycles. The lowest BCUT2D eigenvalue weighted by molar-refractivity contribution is -0.137. The highest BCUT2D eigenvalue weighted by Crippen LogP contribution is 2.36. The maximum Gasteiger partial charge on any atom is 0.407 e. The van der Waals surface area contributed by atoms with Gasteiger partial charge >= 0.3 is 12.2 Å². The van der Waals surface area contributed by atoms with Gasteiger partial charge in [-0.05, 0) is 84.7 Å². The molecule has 5 heterocycles. The molecule has 14 heteroatoms. The second-order valence-electron chi connectivity index (χ2n) is 15.5. The smallest absolute Gasteiger partial charge is 0.407 e. The Hall–Kier alpha value is -5.63. The molecule has 4 N–H and O–H groups in total. The summed E-state index contributed by atoms with van der Waals surface area (Å²) in [7, 11) is 2.61. The van der Waals surface area contributed by atoms with Gasteiger partial charge < -0.3 is 44.6 Å². The number of aromatic nitrogens is 3. The van der Waals surface area contributed by atoms with Gasteiger partial charge in [-0.15, -0.1) is 0 Å². The fraction of sp³-hybridized carbons (Fsp3) is 0.465. The number of hydrogen-bond donors (Lipinski definition) is 4. The molecule has 302 valence electrons. The Kier molecular flexibility index (Phi) is 12.3. The number of H-pyrrole nitrogens is 2. The van der Waals surface area contributed by atoms with Gasteiger partial charge in [0, 0.05) is 37.7 Å². The highest BCUT2D eigenvalue weighted by atomic mass is 16.5. The van der Waals surface area contributed by atoms with Crippen LogP contribution in [0.3, 0.4) is 0 Å². The van der Waals surface area contributed by atoms with Crippen LogP contribution in [0.1, 0.15) is 76.0 Å². The standard InChI is InChI=1S/C43H53N7O7/c1-26(2)37(47-42(53)55-3)40(51)50-22-6-8-36(50)39-44-25-34(46-39)30-15-11-28(12-16-30)27-9-13-29(14-10-27)32-17-18-33(45-32)35-7-5-21-49(35)41(52)38(48-43(54)56-4)31-19-23-57-24-20-31/h9-18,25-26,31,35-38,45H,5-8,19-24H2,1-4H3,(H,44,46)(H,47,53)(H,48,54)/t35?,36-,37-,38?/m0/s1. The third kappa shape index (κ3) is 8.70. The van der Waals surface area contributed by atoms with Crippen molar-refractivity contribution in [1.29, 1.82) is 0 Å². The van der Waals surface area contributed by atoms with Crippen LogP contribution in [0.5, 0.6) is 0 Å². The van der Waals surface area contributed by atoms with Crippen molar-refractivity contribution < 1.29 is 33.4 Å². The number of amides is 4. The van der Waals surface area contributed by atoms with Crippen LogP contribution >= 0.6 is 0 Å². The van der Waals surface area contributed by atoms with Crippen molar-refractivity contribution in [3.05, 3.63) is 78.4 Å². The van der Waals surface area contributed by atoms with Gasteiger partial charge in [-0.2, -0.15) is 0 Å². The predicted molar refractivity (Wildman–Crippen MR) is 214 cm³/mol. The quantitative estimate of drug-likeness (QED) is 0.132. The summed E-state index contributed by atoms with van der Waals surface area (Å²) < 4.78 is 15.2. The zero-order valence-corrected chi connectivity index (χ0v) is 33.1. The van der Waals surface area contributed by atoms with Gasteiger partial charge in [0.2, 0.25) is 11.8 Å². The summed E-state index contributed by atoms with van der Waals surface area (Å²) in [5, 5.41) is 5.52. The van der Waals surface area contributed by atoms with Crippen LogP contribution in [0.25, 0.3) is 33.6 Å². The highest BCUT2D eigenvalue weighted by molar-refractivity contribution is 5.87. The molecule has 4 atom stereocenters. The number of benzene rings is 2. The monoisotopic (exact) mass is 779 g/mol. The Morgan fingerprint density at radius 3 is 1.88 bits per heavy atom. The number of carbonyl (C=O) groups excluding carboxylic acids is 4. The second-order valence-corrected chi connectivity index (χ2v) is 15.5. The van der Waals surface area contributed by atoms with E-state index in [1.165, 1.54) is 14.2 Å². The molecular weight excluding hydrogens is 727 g/mol.